The topological polar surface area (TPSA) is 44.4 Å². The highest BCUT2D eigenvalue weighted by Gasteiger charge is 2.39. The Morgan fingerprint density at radius 3 is 2.72 bits per heavy atom. The van der Waals surface area contributed by atoms with Crippen LogP contribution in [0.2, 0.25) is 0 Å². The molecule has 1 saturated carbocycles. The minimum Gasteiger partial charge on any atom is -0.317 e. The fraction of sp³-hybridized carbons (Fsp3) is 0.393. The SMILES string of the molecule is O=C(c1ccc2ccccc2c1)N1CCc2cc(C3CC3NCC3CCNCC3)ccc21. The summed E-state index contributed by atoms with van der Waals surface area (Å²) >= 11 is 0. The van der Waals surface area contributed by atoms with Crippen LogP contribution in [-0.2, 0) is 6.42 Å². The smallest absolute Gasteiger partial charge is 0.258 e. The number of hydrogen-bond acceptors (Lipinski definition) is 3. The van der Waals surface area contributed by atoms with Crippen molar-refractivity contribution in [2.24, 2.45) is 5.92 Å². The molecule has 3 aliphatic rings. The Balaban J connectivity index is 1.13. The van der Waals surface area contributed by atoms with E-state index in [9.17, 15) is 4.79 Å². The molecule has 1 saturated heterocycles. The summed E-state index contributed by atoms with van der Waals surface area (Å²) in [6, 6.07) is 21.7. The maximum atomic E-state index is 13.3. The molecule has 2 fully saturated rings. The van der Waals surface area contributed by atoms with Crippen LogP contribution in [0.3, 0.4) is 0 Å². The Labute approximate surface area is 190 Å². The van der Waals surface area contributed by atoms with E-state index in [0.29, 0.717) is 12.0 Å². The minimum absolute atomic E-state index is 0.107. The Hall–Kier alpha value is -2.69. The molecule has 3 aromatic rings. The third kappa shape index (κ3) is 3.82. The van der Waals surface area contributed by atoms with Gasteiger partial charge in [0.25, 0.3) is 5.91 Å². The molecule has 164 valence electrons. The number of amides is 1. The van der Waals surface area contributed by atoms with Gasteiger partial charge in [-0.25, -0.2) is 0 Å². The quantitative estimate of drug-likeness (QED) is 0.633. The minimum atomic E-state index is 0.107. The Morgan fingerprint density at radius 2 is 1.84 bits per heavy atom. The number of rotatable bonds is 5. The first-order chi connectivity index (χ1) is 15.8. The van der Waals surface area contributed by atoms with E-state index in [1.165, 1.54) is 48.9 Å². The molecule has 1 aliphatic carbocycles. The molecule has 2 heterocycles. The Kier molecular flexibility index (Phi) is 5.20. The predicted octanol–water partition coefficient (Wildman–Crippen LogP) is 4.49. The van der Waals surface area contributed by atoms with E-state index in [2.05, 4.69) is 41.0 Å². The van der Waals surface area contributed by atoms with Gasteiger partial charge in [-0.3, -0.25) is 4.79 Å². The van der Waals surface area contributed by atoms with Crippen LogP contribution in [0.25, 0.3) is 10.8 Å². The summed E-state index contributed by atoms with van der Waals surface area (Å²) in [6.07, 6.45) is 4.78. The molecule has 2 unspecified atom stereocenters. The molecule has 0 aromatic heterocycles. The summed E-state index contributed by atoms with van der Waals surface area (Å²) in [7, 11) is 0. The van der Waals surface area contributed by atoms with Crippen molar-refractivity contribution in [1.82, 2.24) is 10.6 Å². The highest BCUT2D eigenvalue weighted by Crippen LogP contribution is 2.43. The summed E-state index contributed by atoms with van der Waals surface area (Å²) in [6.45, 7) is 4.26. The van der Waals surface area contributed by atoms with Gasteiger partial charge >= 0.3 is 0 Å². The van der Waals surface area contributed by atoms with Crippen LogP contribution in [-0.4, -0.2) is 38.1 Å². The van der Waals surface area contributed by atoms with Crippen molar-refractivity contribution >= 4 is 22.4 Å². The van der Waals surface area contributed by atoms with Gasteiger partial charge in [0.1, 0.15) is 0 Å². The molecule has 32 heavy (non-hydrogen) atoms. The van der Waals surface area contributed by atoms with Crippen molar-refractivity contribution in [3.63, 3.8) is 0 Å². The van der Waals surface area contributed by atoms with E-state index >= 15 is 0 Å². The second-order valence-electron chi connectivity index (χ2n) is 9.71. The summed E-state index contributed by atoms with van der Waals surface area (Å²) in [5.41, 5.74) is 4.61. The van der Waals surface area contributed by atoms with Crippen molar-refractivity contribution in [2.75, 3.05) is 31.1 Å². The van der Waals surface area contributed by atoms with Gasteiger partial charge in [0, 0.05) is 29.8 Å². The van der Waals surface area contributed by atoms with Crippen LogP contribution in [0.1, 0.15) is 46.7 Å². The van der Waals surface area contributed by atoms with Crippen molar-refractivity contribution in [2.45, 2.75) is 37.6 Å². The van der Waals surface area contributed by atoms with Crippen LogP contribution in [0.5, 0.6) is 0 Å². The molecule has 1 amide bonds. The first kappa shape index (κ1) is 20.0. The average molecular weight is 426 g/mol. The Morgan fingerprint density at radius 1 is 1.00 bits per heavy atom. The number of nitrogens with one attached hydrogen (secondary N) is 2. The fourth-order valence-corrected chi connectivity index (χ4v) is 5.53. The molecule has 6 rings (SSSR count). The lowest BCUT2D eigenvalue weighted by molar-refractivity contribution is 0.0989. The van der Waals surface area contributed by atoms with Gasteiger partial charge in [-0.1, -0.05) is 42.5 Å². The molecular weight excluding hydrogens is 394 g/mol. The number of benzene rings is 3. The van der Waals surface area contributed by atoms with Crippen LogP contribution in [0, 0.1) is 5.92 Å². The average Bonchev–Trinajstić information content (AvgIpc) is 3.51. The zero-order valence-corrected chi connectivity index (χ0v) is 18.5. The van der Waals surface area contributed by atoms with Crippen molar-refractivity contribution in [3.05, 3.63) is 77.4 Å². The number of hydrogen-bond donors (Lipinski definition) is 2. The highest BCUT2D eigenvalue weighted by atomic mass is 16.2. The highest BCUT2D eigenvalue weighted by molar-refractivity contribution is 6.09. The number of carbonyl (C=O) groups is 1. The first-order valence-electron chi connectivity index (χ1n) is 12.1. The fourth-order valence-electron chi connectivity index (χ4n) is 5.53. The van der Waals surface area contributed by atoms with E-state index in [4.69, 9.17) is 0 Å². The second-order valence-corrected chi connectivity index (χ2v) is 9.71. The van der Waals surface area contributed by atoms with E-state index in [1.54, 1.807) is 0 Å². The number of fused-ring (bicyclic) bond motifs is 2. The summed E-state index contributed by atoms with van der Waals surface area (Å²) in [4.78, 5) is 15.2. The molecule has 0 radical (unpaired) electrons. The number of piperidine rings is 1. The monoisotopic (exact) mass is 425 g/mol. The third-order valence-electron chi connectivity index (χ3n) is 7.59. The third-order valence-corrected chi connectivity index (χ3v) is 7.59. The van der Waals surface area contributed by atoms with Gasteiger partial charge in [-0.2, -0.15) is 0 Å². The van der Waals surface area contributed by atoms with Crippen molar-refractivity contribution in [1.29, 1.82) is 0 Å². The molecule has 4 heteroatoms. The molecule has 0 bridgehead atoms. The molecular formula is C28H31N3O. The zero-order chi connectivity index (χ0) is 21.5. The normalized spacial score (nSPS) is 22.8. The predicted molar refractivity (Wildman–Crippen MR) is 131 cm³/mol. The molecule has 2 N–H and O–H groups in total. The maximum absolute atomic E-state index is 13.3. The molecule has 4 nitrogen and oxygen atoms in total. The lowest BCUT2D eigenvalue weighted by Crippen LogP contribution is -2.34. The molecule has 0 spiro atoms. The van der Waals surface area contributed by atoms with Crippen LogP contribution >= 0.6 is 0 Å². The van der Waals surface area contributed by atoms with Crippen LogP contribution in [0.15, 0.2) is 60.7 Å². The van der Waals surface area contributed by atoms with E-state index < -0.39 is 0 Å². The van der Waals surface area contributed by atoms with E-state index in [-0.39, 0.29) is 5.91 Å². The standard InChI is InChI=1S/C28H31N3O/c32-28(24-6-5-20-3-1-2-4-21(20)15-24)31-14-11-23-16-22(7-8-27(23)31)25-17-26(25)30-18-19-9-12-29-13-10-19/h1-8,15-16,19,25-26,29-30H,9-14,17-18H2. The van der Waals surface area contributed by atoms with E-state index in [1.807, 2.05) is 35.2 Å². The van der Waals surface area contributed by atoms with Gasteiger partial charge in [-0.15, -0.1) is 0 Å². The van der Waals surface area contributed by atoms with Crippen molar-refractivity contribution in [3.8, 4) is 0 Å². The lowest BCUT2D eigenvalue weighted by Gasteiger charge is -2.23. The lowest BCUT2D eigenvalue weighted by atomic mass is 9.98. The molecule has 2 atom stereocenters. The maximum Gasteiger partial charge on any atom is 0.258 e. The second kappa shape index (κ2) is 8.34. The van der Waals surface area contributed by atoms with Crippen LogP contribution < -0.4 is 15.5 Å². The first-order valence-corrected chi connectivity index (χ1v) is 12.1. The number of nitrogens with zero attached hydrogens (tertiary/aromatic N) is 1. The van der Waals surface area contributed by atoms with Gasteiger partial charge < -0.3 is 15.5 Å². The summed E-state index contributed by atoms with van der Waals surface area (Å²) < 4.78 is 0. The zero-order valence-electron chi connectivity index (χ0n) is 18.5. The van der Waals surface area contributed by atoms with Gasteiger partial charge in [-0.05, 0) is 91.3 Å². The van der Waals surface area contributed by atoms with Gasteiger partial charge in [0.2, 0.25) is 0 Å². The van der Waals surface area contributed by atoms with Gasteiger partial charge in [0.05, 0.1) is 0 Å². The molecule has 2 aliphatic heterocycles. The Bertz CT molecular complexity index is 1150. The van der Waals surface area contributed by atoms with Crippen LogP contribution in [0.4, 0.5) is 5.69 Å². The van der Waals surface area contributed by atoms with E-state index in [0.717, 1.165) is 42.1 Å². The largest absolute Gasteiger partial charge is 0.317 e. The number of anilines is 1. The summed E-state index contributed by atoms with van der Waals surface area (Å²) in [5.74, 6) is 1.56. The van der Waals surface area contributed by atoms with Crippen molar-refractivity contribution < 1.29 is 4.79 Å². The summed E-state index contributed by atoms with van der Waals surface area (Å²) in [5, 5.41) is 9.55. The number of carbonyl (C=O) groups excluding carboxylic acids is 1. The molecule has 3 aromatic carbocycles. The van der Waals surface area contributed by atoms with Gasteiger partial charge in [0.15, 0.2) is 0 Å².